The maximum Gasteiger partial charge on any atom is 0.317 e. The molecule has 1 spiro atoms. The van der Waals surface area contributed by atoms with Crippen LogP contribution in [0.1, 0.15) is 51.4 Å². The number of ether oxygens (including phenoxy) is 2. The van der Waals surface area contributed by atoms with Crippen LogP contribution < -0.4 is 5.32 Å². The van der Waals surface area contributed by atoms with Gasteiger partial charge < -0.3 is 19.7 Å². The Morgan fingerprint density at radius 1 is 1.22 bits per heavy atom. The Morgan fingerprint density at radius 3 is 2.78 bits per heavy atom. The average molecular weight is 324 g/mol. The minimum absolute atomic E-state index is 0.123. The minimum Gasteiger partial charge on any atom is -0.381 e. The third-order valence-electron chi connectivity index (χ3n) is 5.83. The standard InChI is InChI=1S/C18H32N2O3/c21-17(20-10-8-18(15-20)6-1-2-7-18)19-9-3-11-23-14-16-4-12-22-13-5-16/h16H,1-15H2,(H,19,21). The molecule has 0 atom stereocenters. The van der Waals surface area contributed by atoms with Crippen molar-refractivity contribution in [2.75, 3.05) is 46.1 Å². The summed E-state index contributed by atoms with van der Waals surface area (Å²) in [4.78, 5) is 14.2. The number of hydrogen-bond donors (Lipinski definition) is 1. The van der Waals surface area contributed by atoms with Crippen molar-refractivity contribution in [3.8, 4) is 0 Å². The second-order valence-electron chi connectivity index (χ2n) is 7.59. The largest absolute Gasteiger partial charge is 0.381 e. The molecule has 5 nitrogen and oxygen atoms in total. The van der Waals surface area contributed by atoms with E-state index in [1.165, 1.54) is 32.1 Å². The summed E-state index contributed by atoms with van der Waals surface area (Å²) >= 11 is 0. The van der Waals surface area contributed by atoms with E-state index in [-0.39, 0.29) is 6.03 Å². The molecule has 3 fully saturated rings. The summed E-state index contributed by atoms with van der Waals surface area (Å²) in [5.41, 5.74) is 0.462. The molecule has 0 bridgehead atoms. The summed E-state index contributed by atoms with van der Waals surface area (Å²) < 4.78 is 11.1. The summed E-state index contributed by atoms with van der Waals surface area (Å²) in [6.07, 6.45) is 9.66. The van der Waals surface area contributed by atoms with Crippen molar-refractivity contribution >= 4 is 6.03 Å². The molecule has 2 amide bonds. The van der Waals surface area contributed by atoms with Crippen LogP contribution in [-0.4, -0.2) is 57.0 Å². The van der Waals surface area contributed by atoms with Gasteiger partial charge in [0.25, 0.3) is 0 Å². The highest BCUT2D eigenvalue weighted by Gasteiger charge is 2.41. The fraction of sp³-hybridized carbons (Fsp3) is 0.944. The molecule has 0 radical (unpaired) electrons. The maximum absolute atomic E-state index is 12.2. The van der Waals surface area contributed by atoms with Gasteiger partial charge in [0.2, 0.25) is 0 Å². The van der Waals surface area contributed by atoms with Crippen molar-refractivity contribution in [1.29, 1.82) is 0 Å². The first kappa shape index (κ1) is 17.0. The van der Waals surface area contributed by atoms with Crippen molar-refractivity contribution in [3.63, 3.8) is 0 Å². The van der Waals surface area contributed by atoms with Gasteiger partial charge >= 0.3 is 6.03 Å². The van der Waals surface area contributed by atoms with Crippen molar-refractivity contribution in [2.24, 2.45) is 11.3 Å². The highest BCUT2D eigenvalue weighted by molar-refractivity contribution is 5.74. The molecular formula is C18H32N2O3. The zero-order valence-electron chi connectivity index (χ0n) is 14.4. The Bertz CT molecular complexity index is 376. The zero-order valence-corrected chi connectivity index (χ0v) is 14.4. The number of urea groups is 1. The molecule has 5 heteroatoms. The SMILES string of the molecule is O=C(NCCCOCC1CCOCC1)N1CCC2(CCCC2)C1. The lowest BCUT2D eigenvalue weighted by molar-refractivity contribution is 0.0202. The summed E-state index contributed by atoms with van der Waals surface area (Å²) in [5.74, 6) is 0.658. The normalized spacial score (nSPS) is 24.4. The molecule has 1 N–H and O–H groups in total. The number of rotatable bonds is 6. The van der Waals surface area contributed by atoms with Crippen LogP contribution in [0.3, 0.4) is 0 Å². The maximum atomic E-state index is 12.2. The van der Waals surface area contributed by atoms with Crippen LogP contribution in [0, 0.1) is 11.3 Å². The molecule has 3 rings (SSSR count). The van der Waals surface area contributed by atoms with E-state index < -0.39 is 0 Å². The molecule has 3 aliphatic rings. The van der Waals surface area contributed by atoms with E-state index in [1.807, 2.05) is 4.90 Å². The van der Waals surface area contributed by atoms with E-state index in [0.29, 0.717) is 11.3 Å². The molecule has 0 aromatic heterocycles. The lowest BCUT2D eigenvalue weighted by atomic mass is 9.86. The van der Waals surface area contributed by atoms with Crippen molar-refractivity contribution < 1.29 is 14.3 Å². The summed E-state index contributed by atoms with van der Waals surface area (Å²) in [6.45, 7) is 5.96. The van der Waals surface area contributed by atoms with Crippen molar-refractivity contribution in [3.05, 3.63) is 0 Å². The Hall–Kier alpha value is -0.810. The average Bonchev–Trinajstić information content (AvgIpc) is 3.22. The lowest BCUT2D eigenvalue weighted by Gasteiger charge is -2.23. The minimum atomic E-state index is 0.123. The van der Waals surface area contributed by atoms with Crippen LogP contribution in [0.5, 0.6) is 0 Å². The Balaban J connectivity index is 1.22. The Morgan fingerprint density at radius 2 is 2.00 bits per heavy atom. The van der Waals surface area contributed by atoms with Gasteiger partial charge in [-0.15, -0.1) is 0 Å². The molecule has 2 saturated heterocycles. The van der Waals surface area contributed by atoms with Crippen LogP contribution in [0.4, 0.5) is 4.79 Å². The van der Waals surface area contributed by atoms with E-state index in [9.17, 15) is 4.79 Å². The highest BCUT2D eigenvalue weighted by atomic mass is 16.5. The van der Waals surface area contributed by atoms with E-state index >= 15 is 0 Å². The van der Waals surface area contributed by atoms with Crippen LogP contribution in [0.2, 0.25) is 0 Å². The second kappa shape index (κ2) is 8.34. The van der Waals surface area contributed by atoms with Gasteiger partial charge in [0.15, 0.2) is 0 Å². The molecule has 1 aliphatic carbocycles. The number of carbonyl (C=O) groups excluding carboxylic acids is 1. The van der Waals surface area contributed by atoms with Gasteiger partial charge in [-0.25, -0.2) is 4.79 Å². The van der Waals surface area contributed by atoms with Crippen LogP contribution in [-0.2, 0) is 9.47 Å². The molecular weight excluding hydrogens is 292 g/mol. The van der Waals surface area contributed by atoms with Gasteiger partial charge in [-0.3, -0.25) is 0 Å². The summed E-state index contributed by atoms with van der Waals surface area (Å²) in [7, 11) is 0. The topological polar surface area (TPSA) is 50.8 Å². The molecule has 2 heterocycles. The molecule has 1 saturated carbocycles. The van der Waals surface area contributed by atoms with Crippen molar-refractivity contribution in [2.45, 2.75) is 51.4 Å². The molecule has 0 unspecified atom stereocenters. The molecule has 0 aromatic carbocycles. The van der Waals surface area contributed by atoms with Crippen LogP contribution in [0.15, 0.2) is 0 Å². The second-order valence-corrected chi connectivity index (χ2v) is 7.59. The van der Waals surface area contributed by atoms with E-state index in [2.05, 4.69) is 5.32 Å². The van der Waals surface area contributed by atoms with Crippen molar-refractivity contribution in [1.82, 2.24) is 10.2 Å². The lowest BCUT2D eigenvalue weighted by Crippen LogP contribution is -2.40. The summed E-state index contributed by atoms with van der Waals surface area (Å²) in [5, 5.41) is 3.06. The molecule has 0 aromatic rings. The van der Waals surface area contributed by atoms with Gasteiger partial charge in [0.05, 0.1) is 0 Å². The summed E-state index contributed by atoms with van der Waals surface area (Å²) in [6, 6.07) is 0.123. The number of amides is 2. The van der Waals surface area contributed by atoms with Gasteiger partial charge in [-0.1, -0.05) is 12.8 Å². The van der Waals surface area contributed by atoms with Gasteiger partial charge in [-0.05, 0) is 49.9 Å². The first-order chi connectivity index (χ1) is 11.3. The van der Waals surface area contributed by atoms with E-state index in [0.717, 1.165) is 65.3 Å². The smallest absolute Gasteiger partial charge is 0.317 e. The third-order valence-corrected chi connectivity index (χ3v) is 5.83. The number of nitrogens with zero attached hydrogens (tertiary/aromatic N) is 1. The number of likely N-dealkylation sites (tertiary alicyclic amines) is 1. The van der Waals surface area contributed by atoms with E-state index in [4.69, 9.17) is 9.47 Å². The third kappa shape index (κ3) is 4.83. The Kier molecular flexibility index (Phi) is 6.17. The first-order valence-electron chi connectivity index (χ1n) is 9.46. The fourth-order valence-electron chi connectivity index (χ4n) is 4.29. The molecule has 132 valence electrons. The molecule has 23 heavy (non-hydrogen) atoms. The Labute approximate surface area is 140 Å². The zero-order chi connectivity index (χ0) is 16.0. The van der Waals surface area contributed by atoms with E-state index in [1.54, 1.807) is 0 Å². The molecule has 2 aliphatic heterocycles. The monoisotopic (exact) mass is 324 g/mol. The number of nitrogens with one attached hydrogen (secondary N) is 1. The van der Waals surface area contributed by atoms with Crippen LogP contribution in [0.25, 0.3) is 0 Å². The first-order valence-corrected chi connectivity index (χ1v) is 9.46. The quantitative estimate of drug-likeness (QED) is 0.764. The highest BCUT2D eigenvalue weighted by Crippen LogP contribution is 2.45. The predicted molar refractivity (Wildman–Crippen MR) is 89.5 cm³/mol. The number of hydrogen-bond acceptors (Lipinski definition) is 3. The fourth-order valence-corrected chi connectivity index (χ4v) is 4.29. The van der Waals surface area contributed by atoms with Gasteiger partial charge in [-0.2, -0.15) is 0 Å². The van der Waals surface area contributed by atoms with Gasteiger partial charge in [0, 0.05) is 46.1 Å². The number of carbonyl (C=O) groups is 1. The predicted octanol–water partition coefficient (Wildman–Crippen LogP) is 2.80. The van der Waals surface area contributed by atoms with Crippen LogP contribution >= 0.6 is 0 Å². The van der Waals surface area contributed by atoms with Gasteiger partial charge in [0.1, 0.15) is 0 Å².